The maximum absolute atomic E-state index is 11.7. The molecule has 1 rings (SSSR count). The van der Waals surface area contributed by atoms with E-state index < -0.39 is 0 Å². The van der Waals surface area contributed by atoms with Crippen LogP contribution in [0.3, 0.4) is 0 Å². The van der Waals surface area contributed by atoms with Crippen LogP contribution < -0.4 is 5.32 Å². The lowest BCUT2D eigenvalue weighted by Gasteiger charge is -2.07. The quantitative estimate of drug-likeness (QED) is 0.816. The molecule has 0 saturated heterocycles. The van der Waals surface area contributed by atoms with Crippen LogP contribution in [0.5, 0.6) is 0 Å². The van der Waals surface area contributed by atoms with Crippen LogP contribution in [-0.2, 0) is 4.74 Å². The normalized spacial score (nSPS) is 10.9. The molecule has 0 aromatic carbocycles. The van der Waals surface area contributed by atoms with Crippen LogP contribution in [0.1, 0.15) is 35.5 Å². The summed E-state index contributed by atoms with van der Waals surface area (Å²) < 4.78 is 6.42. The van der Waals surface area contributed by atoms with Gasteiger partial charge in [0.15, 0.2) is 0 Å². The third-order valence-corrected chi connectivity index (χ3v) is 4.27. The molecular formula is C12H18BrNO2S. The minimum Gasteiger partial charge on any atom is -0.379 e. The van der Waals surface area contributed by atoms with E-state index in [1.807, 2.05) is 26.8 Å². The maximum atomic E-state index is 11.7. The van der Waals surface area contributed by atoms with Crippen molar-refractivity contribution in [1.82, 2.24) is 5.32 Å². The number of carbonyl (C=O) groups excluding carboxylic acids is 1. The van der Waals surface area contributed by atoms with Crippen molar-refractivity contribution < 1.29 is 9.53 Å². The van der Waals surface area contributed by atoms with Gasteiger partial charge in [-0.2, -0.15) is 0 Å². The minimum atomic E-state index is -0.00616. The molecule has 17 heavy (non-hydrogen) atoms. The van der Waals surface area contributed by atoms with Gasteiger partial charge < -0.3 is 10.1 Å². The fourth-order valence-electron chi connectivity index (χ4n) is 1.25. The Kier molecular flexibility index (Phi) is 6.16. The number of rotatable bonds is 6. The van der Waals surface area contributed by atoms with Gasteiger partial charge in [-0.1, -0.05) is 0 Å². The second-order valence-corrected chi connectivity index (χ2v) is 6.47. The highest BCUT2D eigenvalue weighted by atomic mass is 79.9. The average Bonchev–Trinajstić information content (AvgIpc) is 2.58. The first kappa shape index (κ1) is 14.7. The van der Waals surface area contributed by atoms with E-state index in [2.05, 4.69) is 21.2 Å². The number of amides is 1. The van der Waals surface area contributed by atoms with Crippen molar-refractivity contribution in [2.45, 2.75) is 33.3 Å². The molecule has 0 aliphatic carbocycles. The van der Waals surface area contributed by atoms with Crippen LogP contribution in [0.25, 0.3) is 0 Å². The van der Waals surface area contributed by atoms with Gasteiger partial charge in [0.25, 0.3) is 5.91 Å². The van der Waals surface area contributed by atoms with Crippen LogP contribution in [0.4, 0.5) is 0 Å². The molecular weight excluding hydrogens is 302 g/mol. The molecule has 1 aromatic rings. The molecule has 5 heteroatoms. The Labute approximate surface area is 115 Å². The van der Waals surface area contributed by atoms with E-state index in [0.29, 0.717) is 13.2 Å². The SMILES string of the molecule is Cc1cc(C(=O)NCCCOC(C)C)sc1Br. The van der Waals surface area contributed by atoms with Crippen molar-refractivity contribution in [2.75, 3.05) is 13.2 Å². The first-order valence-corrected chi connectivity index (χ1v) is 7.27. The molecule has 0 spiro atoms. The third kappa shape index (κ3) is 5.19. The van der Waals surface area contributed by atoms with E-state index in [0.717, 1.165) is 20.6 Å². The monoisotopic (exact) mass is 319 g/mol. The van der Waals surface area contributed by atoms with Crippen molar-refractivity contribution in [2.24, 2.45) is 0 Å². The van der Waals surface area contributed by atoms with E-state index in [1.54, 1.807) is 0 Å². The number of halogens is 1. The highest BCUT2D eigenvalue weighted by Crippen LogP contribution is 2.27. The van der Waals surface area contributed by atoms with Crippen LogP contribution in [-0.4, -0.2) is 25.2 Å². The number of hydrogen-bond acceptors (Lipinski definition) is 3. The van der Waals surface area contributed by atoms with Gasteiger partial charge >= 0.3 is 0 Å². The summed E-state index contributed by atoms with van der Waals surface area (Å²) in [5.41, 5.74) is 1.10. The third-order valence-electron chi connectivity index (χ3n) is 2.14. The zero-order valence-corrected chi connectivity index (χ0v) is 12.8. The summed E-state index contributed by atoms with van der Waals surface area (Å²) in [6.07, 6.45) is 1.09. The van der Waals surface area contributed by atoms with Crippen molar-refractivity contribution >= 4 is 33.2 Å². The predicted molar refractivity (Wildman–Crippen MR) is 74.8 cm³/mol. The number of nitrogens with one attached hydrogen (secondary N) is 1. The van der Waals surface area contributed by atoms with E-state index in [1.165, 1.54) is 11.3 Å². The Morgan fingerprint density at radius 1 is 1.59 bits per heavy atom. The van der Waals surface area contributed by atoms with Crippen LogP contribution in [0.2, 0.25) is 0 Å². The highest BCUT2D eigenvalue weighted by molar-refractivity contribution is 9.11. The fraction of sp³-hybridized carbons (Fsp3) is 0.583. The zero-order valence-electron chi connectivity index (χ0n) is 10.4. The van der Waals surface area contributed by atoms with Crippen LogP contribution in [0, 0.1) is 6.92 Å². The molecule has 0 aliphatic heterocycles. The van der Waals surface area contributed by atoms with Crippen LogP contribution in [0.15, 0.2) is 9.85 Å². The topological polar surface area (TPSA) is 38.3 Å². The highest BCUT2D eigenvalue weighted by Gasteiger charge is 2.10. The maximum Gasteiger partial charge on any atom is 0.261 e. The Bertz CT molecular complexity index is 357. The smallest absolute Gasteiger partial charge is 0.261 e. The van der Waals surface area contributed by atoms with E-state index in [-0.39, 0.29) is 12.0 Å². The number of ether oxygens (including phenoxy) is 1. The molecule has 0 fully saturated rings. The molecule has 0 radical (unpaired) electrons. The largest absolute Gasteiger partial charge is 0.379 e. The molecule has 0 bridgehead atoms. The average molecular weight is 320 g/mol. The van der Waals surface area contributed by atoms with Crippen molar-refractivity contribution in [3.8, 4) is 0 Å². The molecule has 1 heterocycles. The molecule has 3 nitrogen and oxygen atoms in total. The van der Waals surface area contributed by atoms with Crippen molar-refractivity contribution in [3.05, 3.63) is 20.3 Å². The van der Waals surface area contributed by atoms with E-state index in [4.69, 9.17) is 4.74 Å². The van der Waals surface area contributed by atoms with Gasteiger partial charge in [-0.15, -0.1) is 11.3 Å². The predicted octanol–water partition coefficient (Wildman–Crippen LogP) is 3.36. The van der Waals surface area contributed by atoms with E-state index >= 15 is 0 Å². The molecule has 96 valence electrons. The molecule has 1 aromatic heterocycles. The number of hydrogen-bond donors (Lipinski definition) is 1. The van der Waals surface area contributed by atoms with Gasteiger partial charge in [0.1, 0.15) is 0 Å². The Hall–Kier alpha value is -0.390. The summed E-state index contributed by atoms with van der Waals surface area (Å²) in [5.74, 6) is -0.00616. The molecule has 0 atom stereocenters. The fourth-order valence-corrected chi connectivity index (χ4v) is 2.70. The Balaban J connectivity index is 2.26. The summed E-state index contributed by atoms with van der Waals surface area (Å²) in [7, 11) is 0. The van der Waals surface area contributed by atoms with Crippen LogP contribution >= 0.6 is 27.3 Å². The lowest BCUT2D eigenvalue weighted by molar-refractivity contribution is 0.0757. The van der Waals surface area contributed by atoms with Gasteiger partial charge in [0.05, 0.1) is 14.8 Å². The Morgan fingerprint density at radius 2 is 2.29 bits per heavy atom. The molecule has 1 N–H and O–H groups in total. The molecule has 1 amide bonds. The van der Waals surface area contributed by atoms with Gasteiger partial charge in [0.2, 0.25) is 0 Å². The zero-order chi connectivity index (χ0) is 12.8. The van der Waals surface area contributed by atoms with Crippen molar-refractivity contribution in [1.29, 1.82) is 0 Å². The first-order chi connectivity index (χ1) is 8.00. The summed E-state index contributed by atoms with van der Waals surface area (Å²) in [6, 6.07) is 1.90. The molecule has 0 saturated carbocycles. The summed E-state index contributed by atoms with van der Waals surface area (Å²) in [4.78, 5) is 12.5. The van der Waals surface area contributed by atoms with Gasteiger partial charge in [0, 0.05) is 13.2 Å². The molecule has 0 unspecified atom stereocenters. The Morgan fingerprint density at radius 3 is 2.82 bits per heavy atom. The second kappa shape index (κ2) is 7.13. The number of carbonyl (C=O) groups is 1. The molecule has 0 aliphatic rings. The summed E-state index contributed by atoms with van der Waals surface area (Å²) >= 11 is 4.88. The number of thiophene rings is 1. The number of aryl methyl sites for hydroxylation is 1. The van der Waals surface area contributed by atoms with Crippen molar-refractivity contribution in [3.63, 3.8) is 0 Å². The standard InChI is InChI=1S/C12H18BrNO2S/c1-8(2)16-6-4-5-14-12(15)10-7-9(3)11(13)17-10/h7-8H,4-6H2,1-3H3,(H,14,15). The lowest BCUT2D eigenvalue weighted by atomic mass is 10.3. The first-order valence-electron chi connectivity index (χ1n) is 5.66. The minimum absolute atomic E-state index is 0.00616. The summed E-state index contributed by atoms with van der Waals surface area (Å²) in [6.45, 7) is 7.33. The lowest BCUT2D eigenvalue weighted by Crippen LogP contribution is -2.24. The van der Waals surface area contributed by atoms with E-state index in [9.17, 15) is 4.79 Å². The second-order valence-electron chi connectivity index (χ2n) is 4.10. The van der Waals surface area contributed by atoms with Gasteiger partial charge in [-0.05, 0) is 54.8 Å². The summed E-state index contributed by atoms with van der Waals surface area (Å²) in [5, 5.41) is 2.88. The van der Waals surface area contributed by atoms with Gasteiger partial charge in [-0.25, -0.2) is 0 Å². The van der Waals surface area contributed by atoms with Gasteiger partial charge in [-0.3, -0.25) is 4.79 Å².